The SMILES string of the molecule is CC(C)C.CCC(C#N)NC=O.C[C@H]1CN(C(=O)CNc2nc(C(F)(F)F)no2)CC1(C)C. The van der Waals surface area contributed by atoms with Crippen molar-refractivity contribution >= 4 is 18.3 Å². The molecule has 2 amide bonds. The van der Waals surface area contributed by atoms with Gasteiger partial charge in [-0.3, -0.25) is 9.59 Å². The highest BCUT2D eigenvalue weighted by Gasteiger charge is 2.39. The Morgan fingerprint density at radius 1 is 1.39 bits per heavy atom. The number of halogens is 3. The molecule has 2 rings (SSSR count). The Balaban J connectivity index is 0.000000709. The largest absolute Gasteiger partial charge is 0.455 e. The van der Waals surface area contributed by atoms with Crippen molar-refractivity contribution in [1.29, 1.82) is 5.26 Å². The van der Waals surface area contributed by atoms with Gasteiger partial charge in [0.2, 0.25) is 12.3 Å². The molecule has 2 heterocycles. The molecule has 1 aliphatic rings. The summed E-state index contributed by atoms with van der Waals surface area (Å²) in [5.41, 5.74) is 0.0314. The molecule has 1 aromatic heterocycles. The molecule has 0 aliphatic carbocycles. The second kappa shape index (κ2) is 13.6. The molecule has 1 unspecified atom stereocenters. The van der Waals surface area contributed by atoms with Crippen LogP contribution in [0.2, 0.25) is 0 Å². The lowest BCUT2D eigenvalue weighted by Crippen LogP contribution is -2.34. The van der Waals surface area contributed by atoms with Crippen LogP contribution in [-0.4, -0.2) is 53.0 Å². The number of nitrogens with zero attached hydrogens (tertiary/aromatic N) is 4. The Morgan fingerprint density at radius 3 is 2.30 bits per heavy atom. The minimum atomic E-state index is -4.66. The quantitative estimate of drug-likeness (QED) is 0.600. The molecule has 2 atom stereocenters. The third kappa shape index (κ3) is 11.5. The number of hydrogen-bond donors (Lipinski definition) is 2. The fourth-order valence-corrected chi connectivity index (χ4v) is 2.48. The molecule has 188 valence electrons. The fourth-order valence-electron chi connectivity index (χ4n) is 2.48. The molecule has 2 N–H and O–H groups in total. The van der Waals surface area contributed by atoms with Crippen LogP contribution in [0.1, 0.15) is 60.7 Å². The van der Waals surface area contributed by atoms with E-state index in [1.807, 2.05) is 13.0 Å². The Morgan fingerprint density at radius 2 is 1.97 bits per heavy atom. The first-order valence-corrected chi connectivity index (χ1v) is 10.7. The number of carbonyl (C=O) groups excluding carboxylic acids is 2. The second-order valence-corrected chi connectivity index (χ2v) is 9.04. The van der Waals surface area contributed by atoms with Gasteiger partial charge in [-0.1, -0.05) is 48.5 Å². The smallest absolute Gasteiger partial charge is 0.343 e. The molecule has 1 aliphatic heterocycles. The van der Waals surface area contributed by atoms with Crippen LogP contribution >= 0.6 is 0 Å². The third-order valence-electron chi connectivity index (χ3n) is 4.68. The van der Waals surface area contributed by atoms with Crippen molar-refractivity contribution in [3.8, 4) is 6.07 Å². The van der Waals surface area contributed by atoms with Crippen LogP contribution in [0.5, 0.6) is 0 Å². The summed E-state index contributed by atoms with van der Waals surface area (Å²) < 4.78 is 41.3. The summed E-state index contributed by atoms with van der Waals surface area (Å²) in [5.74, 6) is -0.380. The first kappa shape index (κ1) is 30.2. The second-order valence-electron chi connectivity index (χ2n) is 9.04. The minimum absolute atomic E-state index is 0.0314. The van der Waals surface area contributed by atoms with E-state index in [1.165, 1.54) is 0 Å². The van der Waals surface area contributed by atoms with Gasteiger partial charge in [-0.2, -0.15) is 23.4 Å². The maximum atomic E-state index is 12.3. The van der Waals surface area contributed by atoms with Crippen LogP contribution in [0.4, 0.5) is 19.2 Å². The Labute approximate surface area is 193 Å². The third-order valence-corrected chi connectivity index (χ3v) is 4.68. The van der Waals surface area contributed by atoms with Gasteiger partial charge in [0.15, 0.2) is 0 Å². The normalized spacial score (nSPS) is 17.6. The van der Waals surface area contributed by atoms with Gasteiger partial charge in [-0.15, -0.1) is 0 Å². The van der Waals surface area contributed by atoms with Gasteiger partial charge in [0, 0.05) is 13.1 Å². The summed E-state index contributed by atoms with van der Waals surface area (Å²) in [7, 11) is 0. The molecule has 0 aromatic carbocycles. The summed E-state index contributed by atoms with van der Waals surface area (Å²) in [6.45, 7) is 15.6. The van der Waals surface area contributed by atoms with Crippen molar-refractivity contribution in [3.63, 3.8) is 0 Å². The number of hydrogen-bond acceptors (Lipinski definition) is 7. The summed E-state index contributed by atoms with van der Waals surface area (Å²) in [5, 5.41) is 15.8. The van der Waals surface area contributed by atoms with Gasteiger partial charge in [0.05, 0.1) is 12.6 Å². The lowest BCUT2D eigenvalue weighted by molar-refractivity contribution is -0.146. The molecule has 0 bridgehead atoms. The van der Waals surface area contributed by atoms with E-state index >= 15 is 0 Å². The van der Waals surface area contributed by atoms with Crippen molar-refractivity contribution in [1.82, 2.24) is 20.4 Å². The molecular weight excluding hydrogens is 441 g/mol. The van der Waals surface area contributed by atoms with Crippen molar-refractivity contribution < 1.29 is 27.3 Å². The standard InChI is InChI=1S/C12H17F3N4O2.C5H8N2O.C4H10/c1-7-5-19(6-11(7,2)3)8(20)4-16-10-17-9(18-21-10)12(13,14)15;1-2-5(3-6)7-4-8;1-4(2)3/h7H,4-6H2,1-3H3,(H,16,17,18);4-5H,2H2,1H3,(H,7,8);4H,1-3H3/t7-;;/m0../s1. The molecular formula is C21H35F3N6O3. The highest BCUT2D eigenvalue weighted by Crippen LogP contribution is 2.34. The zero-order valence-electron chi connectivity index (χ0n) is 20.3. The summed E-state index contributed by atoms with van der Waals surface area (Å²) in [4.78, 5) is 26.5. The van der Waals surface area contributed by atoms with E-state index in [9.17, 15) is 22.8 Å². The molecule has 0 radical (unpaired) electrons. The number of carbonyl (C=O) groups is 2. The number of nitriles is 1. The zero-order chi connectivity index (χ0) is 25.8. The van der Waals surface area contributed by atoms with E-state index in [0.717, 1.165) is 5.92 Å². The molecule has 12 heteroatoms. The average molecular weight is 477 g/mol. The lowest BCUT2D eigenvalue weighted by atomic mass is 9.84. The Bertz CT molecular complexity index is 771. The molecule has 1 fully saturated rings. The van der Waals surface area contributed by atoms with Crippen molar-refractivity contribution in [2.24, 2.45) is 17.3 Å². The van der Waals surface area contributed by atoms with Gasteiger partial charge in [-0.25, -0.2) is 0 Å². The summed E-state index contributed by atoms with van der Waals surface area (Å²) in [6, 6.07) is 1.18. The lowest BCUT2D eigenvalue weighted by Gasteiger charge is -2.21. The van der Waals surface area contributed by atoms with E-state index in [1.54, 1.807) is 4.90 Å². The van der Waals surface area contributed by atoms with Crippen LogP contribution in [0.25, 0.3) is 0 Å². The number of rotatable bonds is 6. The van der Waals surface area contributed by atoms with Crippen LogP contribution in [0.15, 0.2) is 4.52 Å². The van der Waals surface area contributed by atoms with E-state index < -0.39 is 18.0 Å². The minimum Gasteiger partial charge on any atom is -0.343 e. The fraction of sp³-hybridized carbons (Fsp3) is 0.762. The Hall–Kier alpha value is -2.84. The zero-order valence-corrected chi connectivity index (χ0v) is 20.3. The predicted molar refractivity (Wildman–Crippen MR) is 117 cm³/mol. The van der Waals surface area contributed by atoms with E-state index in [0.29, 0.717) is 31.8 Å². The van der Waals surface area contributed by atoms with E-state index in [4.69, 9.17) is 5.26 Å². The molecule has 33 heavy (non-hydrogen) atoms. The highest BCUT2D eigenvalue weighted by atomic mass is 19.4. The van der Waals surface area contributed by atoms with Crippen LogP contribution < -0.4 is 10.6 Å². The molecule has 9 nitrogen and oxygen atoms in total. The highest BCUT2D eigenvalue weighted by molar-refractivity contribution is 5.80. The number of alkyl halides is 3. The first-order valence-electron chi connectivity index (χ1n) is 10.7. The molecule has 0 spiro atoms. The van der Waals surface area contributed by atoms with Gasteiger partial charge >= 0.3 is 12.2 Å². The van der Waals surface area contributed by atoms with Gasteiger partial charge < -0.3 is 20.1 Å². The number of nitrogens with one attached hydrogen (secondary N) is 2. The maximum absolute atomic E-state index is 12.3. The molecule has 1 saturated heterocycles. The van der Waals surface area contributed by atoms with Crippen molar-refractivity contribution in [3.05, 3.63) is 5.82 Å². The van der Waals surface area contributed by atoms with Gasteiger partial charge in [0.1, 0.15) is 6.04 Å². The van der Waals surface area contributed by atoms with E-state index in [2.05, 4.69) is 66.8 Å². The van der Waals surface area contributed by atoms with Crippen LogP contribution in [-0.2, 0) is 15.8 Å². The van der Waals surface area contributed by atoms with Crippen molar-refractivity contribution in [2.75, 3.05) is 25.0 Å². The van der Waals surface area contributed by atoms with Gasteiger partial charge in [-0.05, 0) is 28.8 Å². The van der Waals surface area contributed by atoms with Crippen molar-refractivity contribution in [2.45, 2.75) is 67.1 Å². The Kier molecular flexibility index (Phi) is 12.5. The summed E-state index contributed by atoms with van der Waals surface area (Å²) in [6.07, 6.45) is -3.46. The van der Waals surface area contributed by atoms with E-state index in [-0.39, 0.29) is 23.9 Å². The monoisotopic (exact) mass is 476 g/mol. The first-order chi connectivity index (χ1) is 15.2. The van der Waals surface area contributed by atoms with Gasteiger partial charge in [0.25, 0.3) is 5.82 Å². The maximum Gasteiger partial charge on any atom is 0.455 e. The molecule has 1 aromatic rings. The molecule has 0 saturated carbocycles. The topological polar surface area (TPSA) is 124 Å². The average Bonchev–Trinajstić information content (AvgIpc) is 3.29. The van der Waals surface area contributed by atoms with Crippen LogP contribution in [0, 0.1) is 28.6 Å². The number of likely N-dealkylation sites (tertiary alicyclic amines) is 1. The predicted octanol–water partition coefficient (Wildman–Crippen LogP) is 3.70. The summed E-state index contributed by atoms with van der Waals surface area (Å²) >= 11 is 0. The van der Waals surface area contributed by atoms with Crippen LogP contribution in [0.3, 0.4) is 0 Å². The number of anilines is 1. The number of amides is 2. The number of aromatic nitrogens is 2.